The second kappa shape index (κ2) is 3.86. The van der Waals surface area contributed by atoms with Gasteiger partial charge in [0.15, 0.2) is 0 Å². The van der Waals surface area contributed by atoms with E-state index in [1.165, 1.54) is 24.8 Å². The summed E-state index contributed by atoms with van der Waals surface area (Å²) in [7, 11) is 0. The Kier molecular flexibility index (Phi) is 2.81. The number of benzene rings is 1. The molecule has 1 aromatic rings. The molecule has 0 radical (unpaired) electrons. The van der Waals surface area contributed by atoms with Gasteiger partial charge in [-0.2, -0.15) is 0 Å². The van der Waals surface area contributed by atoms with Gasteiger partial charge < -0.3 is 10.8 Å². The minimum atomic E-state index is -0.756. The third kappa shape index (κ3) is 1.87. The molecule has 16 heavy (non-hydrogen) atoms. The lowest BCUT2D eigenvalue weighted by Crippen LogP contribution is -2.41. The van der Waals surface area contributed by atoms with Crippen molar-refractivity contribution in [1.82, 2.24) is 0 Å². The minimum Gasteiger partial charge on any atom is -0.386 e. The molecule has 0 atom stereocenters. The van der Waals surface area contributed by atoms with E-state index < -0.39 is 5.60 Å². The predicted molar refractivity (Wildman–Crippen MR) is 66.3 cm³/mol. The second-order valence-corrected chi connectivity index (χ2v) is 5.47. The number of hydrogen-bond acceptors (Lipinski definition) is 2. The molecule has 0 spiro atoms. The number of hydrogen-bond donors (Lipinski definition) is 2. The monoisotopic (exact) mass is 219 g/mol. The highest BCUT2D eigenvalue weighted by Gasteiger charge is 2.37. The molecule has 2 heteroatoms. The van der Waals surface area contributed by atoms with Gasteiger partial charge >= 0.3 is 0 Å². The molecule has 1 aromatic carbocycles. The van der Waals surface area contributed by atoms with Gasteiger partial charge in [0.2, 0.25) is 0 Å². The fourth-order valence-corrected chi connectivity index (χ4v) is 2.45. The number of nitrogens with two attached hydrogens (primary N) is 1. The Morgan fingerprint density at radius 3 is 2.12 bits per heavy atom. The number of rotatable bonds is 3. The van der Waals surface area contributed by atoms with Crippen LogP contribution in [0, 0.1) is 0 Å². The lowest BCUT2D eigenvalue weighted by Gasteiger charge is -2.41. The van der Waals surface area contributed by atoms with Gasteiger partial charge in [0.05, 0.1) is 5.60 Å². The molecule has 3 N–H and O–H groups in total. The number of aliphatic hydroxyl groups is 1. The Morgan fingerprint density at radius 2 is 1.81 bits per heavy atom. The van der Waals surface area contributed by atoms with Crippen molar-refractivity contribution in [2.75, 3.05) is 6.54 Å². The highest BCUT2D eigenvalue weighted by Crippen LogP contribution is 2.43. The largest absolute Gasteiger partial charge is 0.386 e. The van der Waals surface area contributed by atoms with E-state index >= 15 is 0 Å². The van der Waals surface area contributed by atoms with Crippen LogP contribution in [0.5, 0.6) is 0 Å². The van der Waals surface area contributed by atoms with Gasteiger partial charge in [-0.05, 0) is 37.8 Å². The first-order valence-corrected chi connectivity index (χ1v) is 6.01. The van der Waals surface area contributed by atoms with Crippen molar-refractivity contribution in [3.63, 3.8) is 0 Å². The van der Waals surface area contributed by atoms with Gasteiger partial charge in [-0.15, -0.1) is 0 Å². The van der Waals surface area contributed by atoms with Crippen LogP contribution in [-0.2, 0) is 11.0 Å². The standard InChI is InChI=1S/C14H21NO/c1-13(2,16)11-4-6-12(7-5-11)14(10-15)8-3-9-14/h4-7,16H,3,8-10,15H2,1-2H3. The van der Waals surface area contributed by atoms with Gasteiger partial charge in [0.25, 0.3) is 0 Å². The summed E-state index contributed by atoms with van der Waals surface area (Å²) in [4.78, 5) is 0. The van der Waals surface area contributed by atoms with Crippen LogP contribution in [-0.4, -0.2) is 11.7 Å². The van der Waals surface area contributed by atoms with Gasteiger partial charge in [0.1, 0.15) is 0 Å². The topological polar surface area (TPSA) is 46.2 Å². The van der Waals surface area contributed by atoms with Crippen molar-refractivity contribution in [3.05, 3.63) is 35.4 Å². The second-order valence-electron chi connectivity index (χ2n) is 5.47. The van der Waals surface area contributed by atoms with Gasteiger partial charge in [0, 0.05) is 12.0 Å². The minimum absolute atomic E-state index is 0.220. The van der Waals surface area contributed by atoms with E-state index in [-0.39, 0.29) is 5.41 Å². The van der Waals surface area contributed by atoms with E-state index in [0.717, 1.165) is 12.1 Å². The fraction of sp³-hybridized carbons (Fsp3) is 0.571. The molecule has 1 fully saturated rings. The summed E-state index contributed by atoms with van der Waals surface area (Å²) in [5, 5.41) is 9.89. The summed E-state index contributed by atoms with van der Waals surface area (Å²) in [5.74, 6) is 0. The van der Waals surface area contributed by atoms with Crippen LogP contribution >= 0.6 is 0 Å². The summed E-state index contributed by atoms with van der Waals surface area (Å²) in [6.07, 6.45) is 3.68. The average Bonchev–Trinajstić information content (AvgIpc) is 2.16. The highest BCUT2D eigenvalue weighted by molar-refractivity contribution is 5.33. The maximum atomic E-state index is 9.89. The molecular weight excluding hydrogens is 198 g/mol. The van der Waals surface area contributed by atoms with Gasteiger partial charge in [-0.25, -0.2) is 0 Å². The predicted octanol–water partition coefficient (Wildman–Crippen LogP) is 2.29. The van der Waals surface area contributed by atoms with Crippen molar-refractivity contribution < 1.29 is 5.11 Å². The van der Waals surface area contributed by atoms with Crippen LogP contribution in [0.3, 0.4) is 0 Å². The summed E-state index contributed by atoms with van der Waals surface area (Å²) in [5.41, 5.74) is 7.63. The van der Waals surface area contributed by atoms with Crippen molar-refractivity contribution in [1.29, 1.82) is 0 Å². The Balaban J connectivity index is 2.26. The lowest BCUT2D eigenvalue weighted by molar-refractivity contribution is 0.0785. The van der Waals surface area contributed by atoms with Gasteiger partial charge in [-0.3, -0.25) is 0 Å². The van der Waals surface area contributed by atoms with Crippen molar-refractivity contribution in [3.8, 4) is 0 Å². The zero-order valence-corrected chi connectivity index (χ0v) is 10.2. The van der Waals surface area contributed by atoms with Crippen molar-refractivity contribution in [2.24, 2.45) is 5.73 Å². The first kappa shape index (κ1) is 11.6. The van der Waals surface area contributed by atoms with Crippen LogP contribution in [0.15, 0.2) is 24.3 Å². The summed E-state index contributed by atoms with van der Waals surface area (Å²) >= 11 is 0. The van der Waals surface area contributed by atoms with Crippen LogP contribution in [0.2, 0.25) is 0 Å². The van der Waals surface area contributed by atoms with Crippen molar-refractivity contribution >= 4 is 0 Å². The third-order valence-electron chi connectivity index (χ3n) is 3.91. The van der Waals surface area contributed by atoms with E-state index in [0.29, 0.717) is 0 Å². The molecule has 0 aliphatic heterocycles. The smallest absolute Gasteiger partial charge is 0.0840 e. The zero-order valence-electron chi connectivity index (χ0n) is 10.2. The zero-order chi connectivity index (χ0) is 11.8. The first-order chi connectivity index (χ1) is 7.48. The third-order valence-corrected chi connectivity index (χ3v) is 3.91. The van der Waals surface area contributed by atoms with Gasteiger partial charge in [-0.1, -0.05) is 30.7 Å². The molecule has 0 unspecified atom stereocenters. The molecule has 1 aliphatic rings. The SMILES string of the molecule is CC(C)(O)c1ccc(C2(CN)CCC2)cc1. The Bertz CT molecular complexity index is 352. The Morgan fingerprint density at radius 1 is 1.25 bits per heavy atom. The quantitative estimate of drug-likeness (QED) is 0.819. The first-order valence-electron chi connectivity index (χ1n) is 6.01. The molecule has 1 saturated carbocycles. The molecule has 0 heterocycles. The summed E-state index contributed by atoms with van der Waals surface area (Å²) in [6, 6.07) is 8.29. The maximum absolute atomic E-state index is 9.89. The Hall–Kier alpha value is -0.860. The van der Waals surface area contributed by atoms with Crippen LogP contribution in [0.4, 0.5) is 0 Å². The fourth-order valence-electron chi connectivity index (χ4n) is 2.45. The van der Waals surface area contributed by atoms with E-state index in [1.807, 2.05) is 26.0 Å². The molecule has 1 aliphatic carbocycles. The summed E-state index contributed by atoms with van der Waals surface area (Å²) in [6.45, 7) is 4.35. The van der Waals surface area contributed by atoms with Crippen LogP contribution in [0.25, 0.3) is 0 Å². The molecule has 0 amide bonds. The summed E-state index contributed by atoms with van der Waals surface area (Å²) < 4.78 is 0. The normalized spacial score (nSPS) is 19.2. The Labute approximate surface area is 97.5 Å². The average molecular weight is 219 g/mol. The van der Waals surface area contributed by atoms with Crippen molar-refractivity contribution in [2.45, 2.75) is 44.1 Å². The lowest BCUT2D eigenvalue weighted by atomic mass is 9.64. The maximum Gasteiger partial charge on any atom is 0.0840 e. The van der Waals surface area contributed by atoms with Crippen LogP contribution < -0.4 is 5.73 Å². The van der Waals surface area contributed by atoms with E-state index in [9.17, 15) is 5.11 Å². The molecule has 0 bridgehead atoms. The van der Waals surface area contributed by atoms with E-state index in [1.54, 1.807) is 0 Å². The molecule has 0 saturated heterocycles. The molecule has 2 rings (SSSR count). The van der Waals surface area contributed by atoms with Crippen LogP contribution in [0.1, 0.15) is 44.2 Å². The highest BCUT2D eigenvalue weighted by atomic mass is 16.3. The van der Waals surface area contributed by atoms with E-state index in [4.69, 9.17) is 5.73 Å². The molecule has 0 aromatic heterocycles. The molecular formula is C14H21NO. The molecule has 88 valence electrons. The molecule has 2 nitrogen and oxygen atoms in total. The van der Waals surface area contributed by atoms with E-state index in [2.05, 4.69) is 12.1 Å².